The van der Waals surface area contributed by atoms with E-state index in [2.05, 4.69) is 10.6 Å². The van der Waals surface area contributed by atoms with Gasteiger partial charge in [0.05, 0.1) is 13.2 Å². The van der Waals surface area contributed by atoms with E-state index in [1.165, 1.54) is 30.3 Å². The van der Waals surface area contributed by atoms with Crippen LogP contribution >= 0.6 is 0 Å². The van der Waals surface area contributed by atoms with Crippen LogP contribution in [0.1, 0.15) is 42.1 Å². The van der Waals surface area contributed by atoms with Crippen molar-refractivity contribution in [3.63, 3.8) is 0 Å². The van der Waals surface area contributed by atoms with Gasteiger partial charge < -0.3 is 35.8 Å². The number of carbonyl (C=O) groups is 4. The second-order valence-electron chi connectivity index (χ2n) is 8.92. The minimum atomic E-state index is -1.88. The summed E-state index contributed by atoms with van der Waals surface area (Å²) >= 11 is 0. The number of benzene rings is 2. The molecule has 0 bridgehead atoms. The van der Waals surface area contributed by atoms with Crippen molar-refractivity contribution in [3.05, 3.63) is 59.4 Å². The number of anilines is 2. The first-order valence-corrected chi connectivity index (χ1v) is 12.7. The van der Waals surface area contributed by atoms with Gasteiger partial charge in [-0.05, 0) is 62.2 Å². The quantitative estimate of drug-likeness (QED) is 0.112. The molecule has 1 aliphatic rings. The Morgan fingerprint density at radius 2 is 1.93 bits per heavy atom. The van der Waals surface area contributed by atoms with Crippen molar-refractivity contribution in [3.8, 4) is 0 Å². The lowest BCUT2D eigenvalue weighted by Crippen LogP contribution is -2.55. The number of ether oxygens (including phenoxy) is 2. The number of aliphatic hydroxyl groups excluding tert-OH is 1. The molecule has 2 unspecified atom stereocenters. The maximum absolute atomic E-state index is 14.4. The first-order chi connectivity index (χ1) is 19.1. The molecule has 3 amide bonds. The van der Waals surface area contributed by atoms with Gasteiger partial charge in [-0.2, -0.15) is 0 Å². The number of nitrogens with two attached hydrogens (primary N) is 1. The summed E-state index contributed by atoms with van der Waals surface area (Å²) in [5.74, 6) is -3.47. The molecule has 3 rings (SSSR count). The third-order valence-electron chi connectivity index (χ3n) is 6.00. The minimum absolute atomic E-state index is 0.00848. The number of esters is 1. The molecule has 1 heterocycles. The predicted molar refractivity (Wildman–Crippen MR) is 143 cm³/mol. The number of hydrogen-bond donors (Lipinski definition) is 5. The van der Waals surface area contributed by atoms with Gasteiger partial charge in [0.15, 0.2) is 12.2 Å². The van der Waals surface area contributed by atoms with Crippen molar-refractivity contribution < 1.29 is 38.1 Å². The molecule has 13 heteroatoms. The summed E-state index contributed by atoms with van der Waals surface area (Å²) in [6.45, 7) is 2.23. The van der Waals surface area contributed by atoms with E-state index in [0.29, 0.717) is 30.7 Å². The Bertz CT molecular complexity index is 1250. The number of halogens is 1. The zero-order valence-electron chi connectivity index (χ0n) is 21.9. The van der Waals surface area contributed by atoms with Gasteiger partial charge in [0, 0.05) is 42.0 Å². The average molecular weight is 558 g/mol. The molecule has 1 fully saturated rings. The number of nitrogen functional groups attached to an aromatic ring is 1. The number of nitrogens with zero attached hydrogens (tertiary/aromatic N) is 1. The first-order valence-electron chi connectivity index (χ1n) is 12.7. The molecule has 2 aromatic rings. The minimum Gasteiger partial charge on any atom is -0.466 e. The van der Waals surface area contributed by atoms with Crippen LogP contribution in [-0.2, 0) is 23.9 Å². The van der Waals surface area contributed by atoms with Gasteiger partial charge in [-0.15, -0.1) is 0 Å². The lowest BCUT2D eigenvalue weighted by molar-refractivity contribution is -0.150. The van der Waals surface area contributed by atoms with E-state index in [1.54, 1.807) is 6.92 Å². The highest BCUT2D eigenvalue weighted by Gasteiger charge is 2.39. The molecule has 0 aromatic heterocycles. The Morgan fingerprint density at radius 3 is 2.60 bits per heavy atom. The number of unbranched alkanes of at least 4 members (excludes halogenated alkanes) is 1. The molecule has 0 spiro atoms. The number of aliphatic hydroxyl groups is 1. The number of morpholine rings is 1. The van der Waals surface area contributed by atoms with Crippen LogP contribution in [0.2, 0.25) is 0 Å². The molecule has 1 saturated heterocycles. The standard InChI is InChI=1S/C27H32FN5O7/c1-2-39-21(34)5-3-4-10-31-25(36)17-13-18(28)15-20(14-17)33-11-12-40-23(27(33)38)22(35)26(37)32-19-8-6-16(7-9-19)24(29)30/h6-9,13-15,22-23,35H,2-5,10-12H2,1H3,(H3,29,30)(H,31,36)(H,32,37). The predicted octanol–water partition coefficient (Wildman–Crippen LogP) is 1.30. The maximum atomic E-state index is 14.4. The Balaban J connectivity index is 1.62. The van der Waals surface area contributed by atoms with Crippen LogP contribution < -0.4 is 21.3 Å². The highest BCUT2D eigenvalue weighted by atomic mass is 19.1. The molecule has 0 aliphatic carbocycles. The number of nitrogens with one attached hydrogen (secondary N) is 3. The molecule has 6 N–H and O–H groups in total. The van der Waals surface area contributed by atoms with E-state index in [-0.39, 0.29) is 49.2 Å². The zero-order valence-corrected chi connectivity index (χ0v) is 21.9. The van der Waals surface area contributed by atoms with Crippen LogP contribution in [0.4, 0.5) is 15.8 Å². The van der Waals surface area contributed by atoms with E-state index >= 15 is 0 Å². The van der Waals surface area contributed by atoms with Crippen LogP contribution in [0.15, 0.2) is 42.5 Å². The van der Waals surface area contributed by atoms with Gasteiger partial charge in [-0.1, -0.05) is 0 Å². The first kappa shape index (κ1) is 30.2. The molecule has 0 saturated carbocycles. The van der Waals surface area contributed by atoms with Crippen LogP contribution in [0.5, 0.6) is 0 Å². The average Bonchev–Trinajstić information content (AvgIpc) is 2.92. The van der Waals surface area contributed by atoms with Crippen LogP contribution in [-0.4, -0.2) is 73.1 Å². The monoisotopic (exact) mass is 557 g/mol. The van der Waals surface area contributed by atoms with Crippen molar-refractivity contribution >= 4 is 40.9 Å². The van der Waals surface area contributed by atoms with Crippen molar-refractivity contribution in [2.24, 2.45) is 5.73 Å². The van der Waals surface area contributed by atoms with Crippen molar-refractivity contribution in [1.29, 1.82) is 5.41 Å². The molecule has 12 nitrogen and oxygen atoms in total. The number of amidine groups is 1. The zero-order chi connectivity index (χ0) is 29.2. The van der Waals surface area contributed by atoms with Crippen molar-refractivity contribution in [2.75, 3.05) is 36.5 Å². The number of rotatable bonds is 12. The topological polar surface area (TPSA) is 184 Å². The van der Waals surface area contributed by atoms with Crippen LogP contribution in [0.25, 0.3) is 0 Å². The van der Waals surface area contributed by atoms with E-state index in [0.717, 1.165) is 17.0 Å². The molecular formula is C27H32FN5O7. The van der Waals surface area contributed by atoms with E-state index in [1.807, 2.05) is 0 Å². The lowest BCUT2D eigenvalue weighted by Gasteiger charge is -2.34. The van der Waals surface area contributed by atoms with Gasteiger partial charge in [0.1, 0.15) is 11.7 Å². The van der Waals surface area contributed by atoms with Crippen molar-refractivity contribution in [2.45, 2.75) is 38.4 Å². The van der Waals surface area contributed by atoms with Gasteiger partial charge in [0.2, 0.25) is 0 Å². The van der Waals surface area contributed by atoms with Crippen molar-refractivity contribution in [1.82, 2.24) is 5.32 Å². The summed E-state index contributed by atoms with van der Waals surface area (Å²) in [6, 6.07) is 9.41. The molecule has 1 aliphatic heterocycles. The summed E-state index contributed by atoms with van der Waals surface area (Å²) < 4.78 is 24.7. The summed E-state index contributed by atoms with van der Waals surface area (Å²) in [6.07, 6.45) is -2.20. The summed E-state index contributed by atoms with van der Waals surface area (Å²) in [4.78, 5) is 50.9. The molecule has 2 atom stereocenters. The summed E-state index contributed by atoms with van der Waals surface area (Å²) in [7, 11) is 0. The summed E-state index contributed by atoms with van der Waals surface area (Å²) in [5, 5.41) is 23.1. The van der Waals surface area contributed by atoms with E-state index < -0.39 is 35.7 Å². The largest absolute Gasteiger partial charge is 0.466 e. The van der Waals surface area contributed by atoms with E-state index in [9.17, 15) is 28.7 Å². The Morgan fingerprint density at radius 1 is 1.20 bits per heavy atom. The van der Waals surface area contributed by atoms with Crippen LogP contribution in [0, 0.1) is 11.2 Å². The van der Waals surface area contributed by atoms with Gasteiger partial charge in [-0.25, -0.2) is 4.39 Å². The number of hydrogen-bond acceptors (Lipinski definition) is 8. The lowest BCUT2D eigenvalue weighted by atomic mass is 10.1. The number of amides is 3. The SMILES string of the molecule is CCOC(=O)CCCCNC(=O)c1cc(F)cc(N2CCOC(C(O)C(=O)Nc3ccc(C(=N)N)cc3)C2=O)c1. The van der Waals surface area contributed by atoms with E-state index in [4.69, 9.17) is 20.6 Å². The molecule has 0 radical (unpaired) electrons. The van der Waals surface area contributed by atoms with Crippen LogP contribution in [0.3, 0.4) is 0 Å². The third-order valence-corrected chi connectivity index (χ3v) is 6.00. The number of carbonyl (C=O) groups excluding carboxylic acids is 4. The fourth-order valence-electron chi connectivity index (χ4n) is 3.97. The Hall–Kier alpha value is -4.36. The second-order valence-corrected chi connectivity index (χ2v) is 8.92. The normalized spacial score (nSPS) is 15.7. The van der Waals surface area contributed by atoms with Gasteiger partial charge in [0.25, 0.3) is 17.7 Å². The fourth-order valence-corrected chi connectivity index (χ4v) is 3.97. The third kappa shape index (κ3) is 8.07. The Labute approximate surface area is 230 Å². The molecule has 40 heavy (non-hydrogen) atoms. The molecule has 214 valence electrons. The Kier molecular flexibility index (Phi) is 10.7. The fraction of sp³-hybridized carbons (Fsp3) is 0.370. The highest BCUT2D eigenvalue weighted by molar-refractivity contribution is 6.05. The van der Waals surface area contributed by atoms with Gasteiger partial charge >= 0.3 is 5.97 Å². The molecular weight excluding hydrogens is 525 g/mol. The highest BCUT2D eigenvalue weighted by Crippen LogP contribution is 2.24. The van der Waals surface area contributed by atoms with Gasteiger partial charge in [-0.3, -0.25) is 24.6 Å². The smallest absolute Gasteiger partial charge is 0.305 e. The second kappa shape index (κ2) is 14.1. The summed E-state index contributed by atoms with van der Waals surface area (Å²) in [5.41, 5.74) is 6.20. The molecule has 2 aromatic carbocycles. The maximum Gasteiger partial charge on any atom is 0.305 e.